The van der Waals surface area contributed by atoms with E-state index in [-0.39, 0.29) is 48.4 Å². The predicted octanol–water partition coefficient (Wildman–Crippen LogP) is 1.08. The minimum Gasteiger partial charge on any atom is -0.350 e. The average Bonchev–Trinajstić information content (AvgIpc) is 2.60. The lowest BCUT2D eigenvalue weighted by molar-refractivity contribution is -0.183. The number of pyridine rings is 1. The highest BCUT2D eigenvalue weighted by molar-refractivity contribution is 5.97. The van der Waals surface area contributed by atoms with Crippen molar-refractivity contribution in [3.05, 3.63) is 29.1 Å². The lowest BCUT2D eigenvalue weighted by Crippen LogP contribution is -2.57. The predicted molar refractivity (Wildman–Crippen MR) is 101 cm³/mol. The van der Waals surface area contributed by atoms with Gasteiger partial charge in [0.05, 0.1) is 11.3 Å². The number of carbonyl (C=O) groups excluding carboxylic acids is 2. The third kappa shape index (κ3) is 6.05. The van der Waals surface area contributed by atoms with Gasteiger partial charge >= 0.3 is 6.18 Å². The van der Waals surface area contributed by atoms with E-state index in [9.17, 15) is 22.8 Å². The molecule has 1 aromatic rings. The summed E-state index contributed by atoms with van der Waals surface area (Å²) in [6, 6.07) is 1.05. The number of halogens is 4. The van der Waals surface area contributed by atoms with Gasteiger partial charge in [-0.15, -0.1) is 12.4 Å². The number of aromatic nitrogens is 1. The quantitative estimate of drug-likeness (QED) is 0.741. The fourth-order valence-corrected chi connectivity index (χ4v) is 2.88. The molecule has 0 aliphatic carbocycles. The summed E-state index contributed by atoms with van der Waals surface area (Å²) in [5, 5.41) is 5.36. The maximum Gasteiger partial charge on any atom is 0.405 e. The van der Waals surface area contributed by atoms with E-state index in [1.165, 1.54) is 21.9 Å². The van der Waals surface area contributed by atoms with Crippen LogP contribution in [-0.4, -0.2) is 85.6 Å². The lowest BCUT2D eigenvalue weighted by atomic mass is 10.1. The van der Waals surface area contributed by atoms with E-state index in [4.69, 9.17) is 0 Å². The molecular weight excluding hydrogens is 399 g/mol. The third-order valence-corrected chi connectivity index (χ3v) is 4.38. The molecule has 0 aromatic carbocycles. The Hall–Kier alpha value is -1.91. The summed E-state index contributed by atoms with van der Waals surface area (Å²) in [5.41, 5.74) is 0.598. The van der Waals surface area contributed by atoms with Gasteiger partial charge in [-0.05, 0) is 19.1 Å². The molecule has 0 bridgehead atoms. The minimum absolute atomic E-state index is 0. The summed E-state index contributed by atoms with van der Waals surface area (Å²) >= 11 is 0. The molecule has 0 spiro atoms. The van der Waals surface area contributed by atoms with Gasteiger partial charge in [0.1, 0.15) is 11.7 Å². The summed E-state index contributed by atoms with van der Waals surface area (Å²) in [6.07, 6.45) is -4.44. The first-order valence-electron chi connectivity index (χ1n) is 8.60. The molecule has 1 saturated heterocycles. The largest absolute Gasteiger partial charge is 0.405 e. The van der Waals surface area contributed by atoms with Crippen LogP contribution in [-0.2, 0) is 0 Å². The van der Waals surface area contributed by atoms with Crippen molar-refractivity contribution in [2.45, 2.75) is 19.1 Å². The van der Waals surface area contributed by atoms with Crippen LogP contribution < -0.4 is 10.6 Å². The zero-order valence-corrected chi connectivity index (χ0v) is 16.8. The lowest BCUT2D eigenvalue weighted by Gasteiger charge is -2.35. The molecule has 11 heteroatoms. The molecule has 1 atom stereocenters. The Bertz CT molecular complexity index is 694. The number of nitrogens with one attached hydrogen (secondary N) is 2. The number of carbonyl (C=O) groups is 2. The van der Waals surface area contributed by atoms with Gasteiger partial charge in [0.2, 0.25) is 0 Å². The van der Waals surface area contributed by atoms with Crippen LogP contribution in [0.25, 0.3) is 0 Å². The van der Waals surface area contributed by atoms with E-state index in [2.05, 4.69) is 15.6 Å². The van der Waals surface area contributed by atoms with Crippen molar-refractivity contribution in [3.8, 4) is 0 Å². The Morgan fingerprint density at radius 2 is 1.89 bits per heavy atom. The Labute approximate surface area is 168 Å². The second-order valence-electron chi connectivity index (χ2n) is 6.58. The molecule has 1 aliphatic heterocycles. The molecule has 1 aliphatic rings. The van der Waals surface area contributed by atoms with Gasteiger partial charge in [-0.25, -0.2) is 4.98 Å². The zero-order chi connectivity index (χ0) is 20.2. The normalized spacial score (nSPS) is 16.1. The molecule has 2 rings (SSSR count). The Morgan fingerprint density at radius 3 is 2.39 bits per heavy atom. The molecule has 7 nitrogen and oxygen atoms in total. The molecule has 1 unspecified atom stereocenters. The molecule has 2 heterocycles. The second-order valence-corrected chi connectivity index (χ2v) is 6.58. The number of aryl methyl sites for hydroxylation is 1. The van der Waals surface area contributed by atoms with Crippen LogP contribution in [0.15, 0.2) is 12.1 Å². The van der Waals surface area contributed by atoms with Crippen molar-refractivity contribution in [2.75, 3.05) is 46.8 Å². The van der Waals surface area contributed by atoms with Crippen molar-refractivity contribution in [2.24, 2.45) is 0 Å². The van der Waals surface area contributed by atoms with Crippen molar-refractivity contribution >= 4 is 24.2 Å². The summed E-state index contributed by atoms with van der Waals surface area (Å²) < 4.78 is 40.2. The number of hydrogen-bond acceptors (Lipinski definition) is 5. The standard InChI is InChI=1S/C17H24F3N5O2.ClH/c1-11-12(4-5-13(23-11)16(27)24(2)3)15(26)22-10-14(17(18,19)20)25-8-6-21-7-9-25;/h4-5,14,21H,6-10H2,1-3H3,(H,22,26);1H. The first-order chi connectivity index (χ1) is 12.6. The second kappa shape index (κ2) is 10.0. The SMILES string of the molecule is Cc1nc(C(=O)N(C)C)ccc1C(=O)NCC(N1CCNCC1)C(F)(F)F.Cl. The van der Waals surface area contributed by atoms with E-state index in [0.717, 1.165) is 0 Å². The van der Waals surface area contributed by atoms with Crippen molar-refractivity contribution in [3.63, 3.8) is 0 Å². The van der Waals surface area contributed by atoms with Crippen LogP contribution in [0.2, 0.25) is 0 Å². The van der Waals surface area contributed by atoms with Crippen molar-refractivity contribution < 1.29 is 22.8 Å². The van der Waals surface area contributed by atoms with Gasteiger partial charge in [0.25, 0.3) is 11.8 Å². The maximum absolute atomic E-state index is 13.4. The van der Waals surface area contributed by atoms with Crippen LogP contribution in [0.1, 0.15) is 26.5 Å². The van der Waals surface area contributed by atoms with Gasteiger partial charge in [0.15, 0.2) is 0 Å². The first-order valence-corrected chi connectivity index (χ1v) is 8.60. The monoisotopic (exact) mass is 423 g/mol. The summed E-state index contributed by atoms with van der Waals surface area (Å²) in [6.45, 7) is 2.48. The molecule has 1 aromatic heterocycles. The molecule has 2 amide bonds. The van der Waals surface area contributed by atoms with E-state index in [1.807, 2.05) is 0 Å². The summed E-state index contributed by atoms with van der Waals surface area (Å²) in [5.74, 6) is -0.964. The molecule has 0 saturated carbocycles. The highest BCUT2D eigenvalue weighted by atomic mass is 35.5. The number of alkyl halides is 3. The number of piperazine rings is 1. The Kier molecular flexibility index (Phi) is 8.65. The summed E-state index contributed by atoms with van der Waals surface area (Å²) in [7, 11) is 3.15. The maximum atomic E-state index is 13.4. The number of rotatable bonds is 5. The van der Waals surface area contributed by atoms with Gasteiger partial charge in [-0.2, -0.15) is 13.2 Å². The van der Waals surface area contributed by atoms with Crippen LogP contribution in [0.5, 0.6) is 0 Å². The molecule has 158 valence electrons. The van der Waals surface area contributed by atoms with E-state index >= 15 is 0 Å². The summed E-state index contributed by atoms with van der Waals surface area (Å²) in [4.78, 5) is 31.0. The number of amides is 2. The Morgan fingerprint density at radius 1 is 1.29 bits per heavy atom. The van der Waals surface area contributed by atoms with E-state index in [0.29, 0.717) is 13.1 Å². The van der Waals surface area contributed by atoms with E-state index in [1.54, 1.807) is 21.0 Å². The molecule has 0 radical (unpaired) electrons. The number of hydrogen-bond donors (Lipinski definition) is 2. The van der Waals surface area contributed by atoms with Gasteiger partial charge < -0.3 is 15.5 Å². The van der Waals surface area contributed by atoms with Crippen LogP contribution >= 0.6 is 12.4 Å². The van der Waals surface area contributed by atoms with Crippen LogP contribution in [0.4, 0.5) is 13.2 Å². The minimum atomic E-state index is -4.44. The number of nitrogens with zero attached hydrogens (tertiary/aromatic N) is 3. The molecule has 2 N–H and O–H groups in total. The van der Waals surface area contributed by atoms with Gasteiger partial charge in [-0.3, -0.25) is 14.5 Å². The first kappa shape index (κ1) is 24.1. The zero-order valence-electron chi connectivity index (χ0n) is 16.0. The molecular formula is C17H25ClF3N5O2. The van der Waals surface area contributed by atoms with Gasteiger partial charge in [-0.1, -0.05) is 0 Å². The third-order valence-electron chi connectivity index (χ3n) is 4.38. The van der Waals surface area contributed by atoms with Crippen molar-refractivity contribution in [1.82, 2.24) is 25.4 Å². The molecule has 1 fully saturated rings. The fourth-order valence-electron chi connectivity index (χ4n) is 2.88. The highest BCUT2D eigenvalue weighted by Crippen LogP contribution is 2.25. The van der Waals surface area contributed by atoms with E-state index < -0.39 is 24.7 Å². The Balaban J connectivity index is 0.00000392. The average molecular weight is 424 g/mol. The topological polar surface area (TPSA) is 77.6 Å². The highest BCUT2D eigenvalue weighted by Gasteiger charge is 2.43. The smallest absolute Gasteiger partial charge is 0.350 e. The molecule has 28 heavy (non-hydrogen) atoms. The van der Waals surface area contributed by atoms with Gasteiger partial charge in [0, 0.05) is 46.8 Å². The van der Waals surface area contributed by atoms with Crippen molar-refractivity contribution in [1.29, 1.82) is 0 Å². The van der Waals surface area contributed by atoms with Crippen LogP contribution in [0, 0.1) is 6.92 Å². The fraction of sp³-hybridized carbons (Fsp3) is 0.588. The van der Waals surface area contributed by atoms with Crippen LogP contribution in [0.3, 0.4) is 0 Å².